The Kier molecular flexibility index (Phi) is 11.1. The lowest BCUT2D eigenvalue weighted by Gasteiger charge is -2.22. The molecule has 0 aliphatic carbocycles. The van der Waals surface area contributed by atoms with Gasteiger partial charge in [-0.2, -0.15) is 0 Å². The van der Waals surface area contributed by atoms with Crippen LogP contribution in [0.1, 0.15) is 22.5 Å². The normalized spacial score (nSPS) is 10.8. The maximum Gasteiger partial charge on any atom is 0.287 e. The topological polar surface area (TPSA) is 79.1 Å². The van der Waals surface area contributed by atoms with Crippen LogP contribution in [0.5, 0.6) is 5.75 Å². The number of halogens is 2. The summed E-state index contributed by atoms with van der Waals surface area (Å²) in [4.78, 5) is 18.1. The highest BCUT2D eigenvalue weighted by atomic mass is 127. The third-order valence-corrected chi connectivity index (χ3v) is 4.08. The number of hydrogen-bond donors (Lipinski definition) is 2. The van der Waals surface area contributed by atoms with Crippen LogP contribution in [0.2, 0.25) is 0 Å². The van der Waals surface area contributed by atoms with Crippen molar-refractivity contribution in [2.24, 2.45) is 4.99 Å². The quantitative estimate of drug-likeness (QED) is 0.231. The summed E-state index contributed by atoms with van der Waals surface area (Å²) in [5, 5.41) is 6.04. The fraction of sp³-hybridized carbons (Fsp3) is 0.400. The van der Waals surface area contributed by atoms with E-state index in [0.717, 1.165) is 12.0 Å². The standard InChI is InChI=1S/C20H27FN4O3.HI/c1-15-9-13-28-18(15)19(26)23-10-6-11-24-20(22-2)25(3)12-14-27-17-8-5-4-7-16(17)21;/h4-5,7-9,13H,6,10-12,14H2,1-3H3,(H,22,24)(H,23,26);1H. The summed E-state index contributed by atoms with van der Waals surface area (Å²) in [5.74, 6) is 0.693. The van der Waals surface area contributed by atoms with E-state index in [9.17, 15) is 9.18 Å². The monoisotopic (exact) mass is 518 g/mol. The van der Waals surface area contributed by atoms with E-state index in [0.29, 0.717) is 38.0 Å². The summed E-state index contributed by atoms with van der Waals surface area (Å²) in [6, 6.07) is 8.07. The minimum absolute atomic E-state index is 0. The molecule has 1 aromatic carbocycles. The van der Waals surface area contributed by atoms with Crippen molar-refractivity contribution in [2.45, 2.75) is 13.3 Å². The van der Waals surface area contributed by atoms with E-state index < -0.39 is 0 Å². The number of amides is 1. The van der Waals surface area contributed by atoms with Crippen molar-refractivity contribution in [3.05, 3.63) is 53.7 Å². The number of nitrogens with zero attached hydrogens (tertiary/aromatic N) is 2. The fourth-order valence-corrected chi connectivity index (χ4v) is 2.52. The lowest BCUT2D eigenvalue weighted by Crippen LogP contribution is -2.41. The van der Waals surface area contributed by atoms with E-state index >= 15 is 0 Å². The van der Waals surface area contributed by atoms with Gasteiger partial charge in [0.2, 0.25) is 0 Å². The van der Waals surface area contributed by atoms with Gasteiger partial charge in [0.05, 0.1) is 12.8 Å². The van der Waals surface area contributed by atoms with Crippen molar-refractivity contribution in [1.82, 2.24) is 15.5 Å². The van der Waals surface area contributed by atoms with Crippen LogP contribution in [0.15, 0.2) is 46.0 Å². The third-order valence-electron chi connectivity index (χ3n) is 4.08. The van der Waals surface area contributed by atoms with Gasteiger partial charge in [-0.15, -0.1) is 24.0 Å². The largest absolute Gasteiger partial charge is 0.489 e. The summed E-state index contributed by atoms with van der Waals surface area (Å²) >= 11 is 0. The number of benzene rings is 1. The van der Waals surface area contributed by atoms with E-state index in [-0.39, 0.29) is 41.5 Å². The lowest BCUT2D eigenvalue weighted by atomic mass is 10.2. The minimum Gasteiger partial charge on any atom is -0.489 e. The van der Waals surface area contributed by atoms with Gasteiger partial charge in [0, 0.05) is 32.7 Å². The molecule has 2 N–H and O–H groups in total. The zero-order valence-electron chi connectivity index (χ0n) is 16.9. The Balaban J connectivity index is 0.00000420. The molecular formula is C20H28FIN4O3. The summed E-state index contributed by atoms with van der Waals surface area (Å²) in [6.45, 7) is 3.86. The molecular weight excluding hydrogens is 490 g/mol. The second-order valence-corrected chi connectivity index (χ2v) is 6.22. The molecule has 2 rings (SSSR count). The Morgan fingerprint density at radius 3 is 2.62 bits per heavy atom. The number of guanidine groups is 1. The number of rotatable bonds is 9. The second-order valence-electron chi connectivity index (χ2n) is 6.22. The molecule has 0 aliphatic heterocycles. The van der Waals surface area contributed by atoms with Gasteiger partial charge in [0.1, 0.15) is 6.61 Å². The molecule has 1 heterocycles. The molecule has 0 spiro atoms. The van der Waals surface area contributed by atoms with E-state index in [1.165, 1.54) is 12.3 Å². The van der Waals surface area contributed by atoms with Gasteiger partial charge in [-0.25, -0.2) is 4.39 Å². The molecule has 1 aromatic heterocycles. The number of aryl methyl sites for hydroxylation is 1. The van der Waals surface area contributed by atoms with Crippen molar-refractivity contribution in [1.29, 1.82) is 0 Å². The van der Waals surface area contributed by atoms with Crippen molar-refractivity contribution in [3.8, 4) is 5.75 Å². The average Bonchev–Trinajstić information content (AvgIpc) is 3.12. The number of likely N-dealkylation sites (N-methyl/N-ethyl adjacent to an activating group) is 1. The van der Waals surface area contributed by atoms with Crippen LogP contribution in [0.25, 0.3) is 0 Å². The molecule has 0 atom stereocenters. The van der Waals surface area contributed by atoms with Crippen molar-refractivity contribution < 1.29 is 18.3 Å². The van der Waals surface area contributed by atoms with Crippen LogP contribution in [-0.4, -0.2) is 57.1 Å². The Morgan fingerprint density at radius 2 is 1.97 bits per heavy atom. The summed E-state index contributed by atoms with van der Waals surface area (Å²) in [6.07, 6.45) is 2.23. The van der Waals surface area contributed by atoms with Gasteiger partial charge < -0.3 is 24.7 Å². The summed E-state index contributed by atoms with van der Waals surface area (Å²) < 4.78 is 24.2. The van der Waals surface area contributed by atoms with Gasteiger partial charge >= 0.3 is 0 Å². The first-order valence-corrected chi connectivity index (χ1v) is 9.14. The van der Waals surface area contributed by atoms with Gasteiger partial charge in [-0.05, 0) is 31.5 Å². The molecule has 29 heavy (non-hydrogen) atoms. The molecule has 9 heteroatoms. The van der Waals surface area contributed by atoms with E-state index in [1.54, 1.807) is 31.3 Å². The van der Waals surface area contributed by atoms with Crippen LogP contribution in [0.3, 0.4) is 0 Å². The van der Waals surface area contributed by atoms with Gasteiger partial charge in [0.15, 0.2) is 23.3 Å². The molecule has 0 saturated heterocycles. The summed E-state index contributed by atoms with van der Waals surface area (Å²) in [5.41, 5.74) is 0.815. The van der Waals surface area contributed by atoms with Crippen molar-refractivity contribution in [2.75, 3.05) is 40.3 Å². The highest BCUT2D eigenvalue weighted by Crippen LogP contribution is 2.15. The first-order valence-electron chi connectivity index (χ1n) is 9.14. The number of nitrogens with one attached hydrogen (secondary N) is 2. The number of ether oxygens (including phenoxy) is 1. The molecule has 7 nitrogen and oxygen atoms in total. The molecule has 0 fully saturated rings. The number of para-hydroxylation sites is 1. The van der Waals surface area contributed by atoms with Gasteiger partial charge in [-0.3, -0.25) is 9.79 Å². The van der Waals surface area contributed by atoms with Crippen LogP contribution in [0.4, 0.5) is 4.39 Å². The molecule has 0 unspecified atom stereocenters. The highest BCUT2D eigenvalue weighted by molar-refractivity contribution is 14.0. The zero-order valence-corrected chi connectivity index (χ0v) is 19.2. The first-order chi connectivity index (χ1) is 13.5. The zero-order chi connectivity index (χ0) is 20.4. The van der Waals surface area contributed by atoms with Crippen LogP contribution < -0.4 is 15.4 Å². The smallest absolute Gasteiger partial charge is 0.287 e. The predicted octanol–water partition coefficient (Wildman–Crippen LogP) is 3.05. The van der Waals surface area contributed by atoms with Crippen molar-refractivity contribution >= 4 is 35.8 Å². The molecule has 0 saturated carbocycles. The number of aliphatic imine (C=N–C) groups is 1. The van der Waals surface area contributed by atoms with Crippen LogP contribution in [0, 0.1) is 12.7 Å². The molecule has 2 aromatic rings. The van der Waals surface area contributed by atoms with E-state index in [2.05, 4.69) is 15.6 Å². The lowest BCUT2D eigenvalue weighted by molar-refractivity contribution is 0.0925. The van der Waals surface area contributed by atoms with Gasteiger partial charge in [0.25, 0.3) is 5.91 Å². The molecule has 160 valence electrons. The average molecular weight is 518 g/mol. The highest BCUT2D eigenvalue weighted by Gasteiger charge is 2.11. The van der Waals surface area contributed by atoms with E-state index in [4.69, 9.17) is 9.15 Å². The Bertz CT molecular complexity index is 798. The van der Waals surface area contributed by atoms with Crippen LogP contribution >= 0.6 is 24.0 Å². The third kappa shape index (κ3) is 7.92. The Labute approximate surface area is 187 Å². The van der Waals surface area contributed by atoms with Crippen molar-refractivity contribution in [3.63, 3.8) is 0 Å². The molecule has 0 aliphatic rings. The Hall–Kier alpha value is -2.30. The second kappa shape index (κ2) is 13.0. The number of hydrogen-bond acceptors (Lipinski definition) is 4. The maximum atomic E-state index is 13.5. The molecule has 1 amide bonds. The SMILES string of the molecule is CN=C(NCCCNC(=O)c1occc1C)N(C)CCOc1ccccc1F.I. The fourth-order valence-electron chi connectivity index (χ4n) is 2.52. The summed E-state index contributed by atoms with van der Waals surface area (Å²) in [7, 11) is 3.57. The number of carbonyl (C=O) groups excluding carboxylic acids is 1. The predicted molar refractivity (Wildman–Crippen MR) is 122 cm³/mol. The Morgan fingerprint density at radius 1 is 1.24 bits per heavy atom. The minimum atomic E-state index is -0.376. The van der Waals surface area contributed by atoms with Gasteiger partial charge in [-0.1, -0.05) is 12.1 Å². The first kappa shape index (κ1) is 24.7. The molecule has 0 radical (unpaired) electrons. The van der Waals surface area contributed by atoms with E-state index in [1.807, 2.05) is 18.9 Å². The maximum absolute atomic E-state index is 13.5. The van der Waals surface area contributed by atoms with Crippen LogP contribution in [-0.2, 0) is 0 Å². The number of carbonyl (C=O) groups is 1. The number of furan rings is 1. The molecule has 0 bridgehead atoms.